The first-order chi connectivity index (χ1) is 16.1. The first-order valence-corrected chi connectivity index (χ1v) is 12.3. The molecule has 0 radical (unpaired) electrons. The van der Waals surface area contributed by atoms with Gasteiger partial charge >= 0.3 is 5.97 Å². The van der Waals surface area contributed by atoms with Crippen molar-refractivity contribution in [3.63, 3.8) is 0 Å². The highest BCUT2D eigenvalue weighted by atomic mass is 32.1. The van der Waals surface area contributed by atoms with Gasteiger partial charge in [-0.05, 0) is 48.6 Å². The Labute approximate surface area is 198 Å². The van der Waals surface area contributed by atoms with Crippen molar-refractivity contribution in [2.45, 2.75) is 26.2 Å². The molecule has 0 atom stereocenters. The van der Waals surface area contributed by atoms with Crippen molar-refractivity contribution in [1.29, 1.82) is 0 Å². The van der Waals surface area contributed by atoms with E-state index in [-0.39, 0.29) is 24.7 Å². The van der Waals surface area contributed by atoms with Gasteiger partial charge in [0, 0.05) is 50.2 Å². The molecule has 7 nitrogen and oxygen atoms in total. The molecule has 1 amide bonds. The molecule has 0 bridgehead atoms. The summed E-state index contributed by atoms with van der Waals surface area (Å²) in [5.74, 6) is 0.594. The van der Waals surface area contributed by atoms with Crippen molar-refractivity contribution >= 4 is 45.0 Å². The highest BCUT2D eigenvalue weighted by Gasteiger charge is 2.21. The number of esters is 1. The third-order valence-electron chi connectivity index (χ3n) is 5.88. The molecule has 3 aromatic rings. The van der Waals surface area contributed by atoms with Crippen LogP contribution in [0.4, 0.5) is 11.5 Å². The largest absolute Gasteiger partial charge is 0.466 e. The number of rotatable bonds is 9. The first kappa shape index (κ1) is 23.2. The van der Waals surface area contributed by atoms with Crippen LogP contribution in [-0.4, -0.2) is 60.5 Å². The molecule has 33 heavy (non-hydrogen) atoms. The van der Waals surface area contributed by atoms with Gasteiger partial charge < -0.3 is 15.0 Å². The zero-order valence-corrected chi connectivity index (χ0v) is 19.8. The molecule has 174 valence electrons. The fraction of sp³-hybridized carbons (Fsp3) is 0.400. The minimum absolute atomic E-state index is 0.0976. The standard InChI is InChI=1S/C25H30N4O3S/c1-2-32-24(31)12-11-23(30)26-21-9-5-3-7-19(21)13-14-28-15-17-29(18-16-28)25-20-8-4-6-10-22(20)33-27-25/h3-10H,2,11-18H2,1H3,(H,26,30). The predicted molar refractivity (Wildman–Crippen MR) is 133 cm³/mol. The molecule has 1 saturated heterocycles. The first-order valence-electron chi connectivity index (χ1n) is 11.5. The Morgan fingerprint density at radius 1 is 1.03 bits per heavy atom. The summed E-state index contributed by atoms with van der Waals surface area (Å²) in [6.07, 6.45) is 1.08. The van der Waals surface area contributed by atoms with Crippen molar-refractivity contribution in [1.82, 2.24) is 9.27 Å². The SMILES string of the molecule is CCOC(=O)CCC(=O)Nc1ccccc1CCN1CCN(c2nsc3ccccc23)CC1. The molecule has 8 heteroatoms. The molecule has 1 aliphatic rings. The van der Waals surface area contributed by atoms with E-state index in [1.54, 1.807) is 18.5 Å². The van der Waals surface area contributed by atoms with Crippen LogP contribution in [0.2, 0.25) is 0 Å². The van der Waals surface area contributed by atoms with Crippen LogP contribution in [-0.2, 0) is 20.7 Å². The minimum Gasteiger partial charge on any atom is -0.466 e. The number of para-hydroxylation sites is 1. The minimum atomic E-state index is -0.342. The second-order valence-corrected chi connectivity index (χ2v) is 8.90. The fourth-order valence-corrected chi connectivity index (χ4v) is 4.88. The fourth-order valence-electron chi connectivity index (χ4n) is 4.08. The summed E-state index contributed by atoms with van der Waals surface area (Å²) in [5, 5.41) is 4.20. The van der Waals surface area contributed by atoms with Gasteiger partial charge in [-0.15, -0.1) is 0 Å². The van der Waals surface area contributed by atoms with Crippen molar-refractivity contribution in [2.75, 3.05) is 49.5 Å². The molecule has 2 heterocycles. The van der Waals surface area contributed by atoms with Gasteiger partial charge in [0.15, 0.2) is 0 Å². The molecule has 0 saturated carbocycles. The average molecular weight is 467 g/mol. The van der Waals surface area contributed by atoms with Gasteiger partial charge in [-0.2, -0.15) is 4.37 Å². The number of benzene rings is 2. The Balaban J connectivity index is 1.27. The van der Waals surface area contributed by atoms with E-state index in [1.807, 2.05) is 18.2 Å². The normalized spacial score (nSPS) is 14.4. The number of carbonyl (C=O) groups excluding carboxylic acids is 2. The maximum absolute atomic E-state index is 12.3. The number of ether oxygens (including phenoxy) is 1. The van der Waals surface area contributed by atoms with Crippen LogP contribution in [0.15, 0.2) is 48.5 Å². The summed E-state index contributed by atoms with van der Waals surface area (Å²) >= 11 is 1.56. The quantitative estimate of drug-likeness (QED) is 0.482. The lowest BCUT2D eigenvalue weighted by molar-refractivity contribution is -0.144. The number of nitrogens with one attached hydrogen (secondary N) is 1. The predicted octanol–water partition coefficient (Wildman–Crippen LogP) is 3.94. The number of carbonyl (C=O) groups is 2. The van der Waals surface area contributed by atoms with E-state index < -0.39 is 0 Å². The Hall–Kier alpha value is -2.97. The van der Waals surface area contributed by atoms with Gasteiger partial charge in [0.1, 0.15) is 5.82 Å². The summed E-state index contributed by atoms with van der Waals surface area (Å²) in [7, 11) is 0. The zero-order valence-electron chi connectivity index (χ0n) is 19.0. The molecule has 1 aromatic heterocycles. The summed E-state index contributed by atoms with van der Waals surface area (Å²) in [6, 6.07) is 16.3. The van der Waals surface area contributed by atoms with Crippen LogP contribution in [0, 0.1) is 0 Å². The third kappa shape index (κ3) is 6.09. The molecule has 1 fully saturated rings. The number of piperazine rings is 1. The second-order valence-electron chi connectivity index (χ2n) is 8.09. The Kier molecular flexibility index (Phi) is 7.91. The number of amides is 1. The van der Waals surface area contributed by atoms with E-state index in [2.05, 4.69) is 45.4 Å². The number of aromatic nitrogens is 1. The highest BCUT2D eigenvalue weighted by molar-refractivity contribution is 7.13. The number of hydrogen-bond acceptors (Lipinski definition) is 7. The maximum atomic E-state index is 12.3. The molecule has 2 aromatic carbocycles. The average Bonchev–Trinajstić information content (AvgIpc) is 3.27. The van der Waals surface area contributed by atoms with Crippen LogP contribution >= 0.6 is 11.5 Å². The Morgan fingerprint density at radius 3 is 2.61 bits per heavy atom. The lowest BCUT2D eigenvalue weighted by atomic mass is 10.1. The summed E-state index contributed by atoms with van der Waals surface area (Å²) in [6.45, 7) is 6.91. The second kappa shape index (κ2) is 11.2. The lowest BCUT2D eigenvalue weighted by Gasteiger charge is -2.35. The zero-order chi connectivity index (χ0) is 23.0. The number of fused-ring (bicyclic) bond motifs is 1. The van der Waals surface area contributed by atoms with E-state index in [1.165, 1.54) is 10.1 Å². The van der Waals surface area contributed by atoms with E-state index in [0.29, 0.717) is 6.61 Å². The molecule has 4 rings (SSSR count). The molecule has 1 N–H and O–H groups in total. The maximum Gasteiger partial charge on any atom is 0.306 e. The van der Waals surface area contributed by atoms with E-state index in [0.717, 1.165) is 56.2 Å². The molecule has 1 aliphatic heterocycles. The highest BCUT2D eigenvalue weighted by Crippen LogP contribution is 2.29. The molecule has 0 spiro atoms. The van der Waals surface area contributed by atoms with Crippen LogP contribution in [0.3, 0.4) is 0 Å². The number of anilines is 2. The van der Waals surface area contributed by atoms with Gasteiger partial charge in [0.25, 0.3) is 0 Å². The molecular weight excluding hydrogens is 436 g/mol. The van der Waals surface area contributed by atoms with Gasteiger partial charge in [0.2, 0.25) is 5.91 Å². The molecular formula is C25H30N4O3S. The monoisotopic (exact) mass is 466 g/mol. The van der Waals surface area contributed by atoms with E-state index in [4.69, 9.17) is 9.11 Å². The van der Waals surface area contributed by atoms with Gasteiger partial charge in [-0.25, -0.2) is 0 Å². The van der Waals surface area contributed by atoms with Crippen molar-refractivity contribution < 1.29 is 14.3 Å². The smallest absolute Gasteiger partial charge is 0.306 e. The van der Waals surface area contributed by atoms with Crippen molar-refractivity contribution in [2.24, 2.45) is 0 Å². The number of nitrogens with zero attached hydrogens (tertiary/aromatic N) is 3. The van der Waals surface area contributed by atoms with Crippen LogP contribution in [0.5, 0.6) is 0 Å². The van der Waals surface area contributed by atoms with E-state index >= 15 is 0 Å². The third-order valence-corrected chi connectivity index (χ3v) is 6.70. The summed E-state index contributed by atoms with van der Waals surface area (Å²) in [5.41, 5.74) is 1.92. The summed E-state index contributed by atoms with van der Waals surface area (Å²) in [4.78, 5) is 28.6. The van der Waals surface area contributed by atoms with Gasteiger partial charge in [-0.1, -0.05) is 30.3 Å². The molecule has 0 unspecified atom stereocenters. The van der Waals surface area contributed by atoms with Crippen LogP contribution in [0.25, 0.3) is 10.1 Å². The molecule has 0 aliphatic carbocycles. The lowest BCUT2D eigenvalue weighted by Crippen LogP contribution is -2.47. The number of hydrogen-bond donors (Lipinski definition) is 1. The topological polar surface area (TPSA) is 74.8 Å². The van der Waals surface area contributed by atoms with Gasteiger partial charge in [0.05, 0.1) is 17.7 Å². The van der Waals surface area contributed by atoms with Crippen LogP contribution < -0.4 is 10.2 Å². The van der Waals surface area contributed by atoms with Gasteiger partial charge in [-0.3, -0.25) is 14.5 Å². The Bertz CT molecular complexity index is 1090. The summed E-state index contributed by atoms with van der Waals surface area (Å²) < 4.78 is 10.8. The Morgan fingerprint density at radius 2 is 1.79 bits per heavy atom. The van der Waals surface area contributed by atoms with Crippen LogP contribution in [0.1, 0.15) is 25.3 Å². The van der Waals surface area contributed by atoms with Crippen molar-refractivity contribution in [3.05, 3.63) is 54.1 Å². The van der Waals surface area contributed by atoms with Crippen molar-refractivity contribution in [3.8, 4) is 0 Å². The van der Waals surface area contributed by atoms with E-state index in [9.17, 15) is 9.59 Å².